The molecule has 0 saturated heterocycles. The fourth-order valence-corrected chi connectivity index (χ4v) is 0. The number of rotatable bonds is 0. The molecule has 0 heterocycles. The molecule has 0 radical (unpaired) electrons. The maximum atomic E-state index is 5.01. The molecule has 0 N–H and O–H groups in total. The minimum absolute atomic E-state index is 0. The first-order valence-electron chi connectivity index (χ1n) is 0.756. The second kappa shape index (κ2) is 19.4. The van der Waals surface area contributed by atoms with Crippen LogP contribution in [0.25, 0.3) is 0 Å². The Morgan fingerprint density at radius 3 is 0.700 bits per heavy atom. The van der Waals surface area contributed by atoms with Gasteiger partial charge in [0.1, 0.15) is 0 Å². The van der Waals surface area contributed by atoms with Crippen molar-refractivity contribution in [1.29, 1.82) is 0 Å². The molecule has 0 aromatic rings. The van der Waals surface area contributed by atoms with Crippen molar-refractivity contribution in [3.05, 3.63) is 0 Å². The SMILES string of the molecule is [AlH3].[Cl][Ti]([Cl])([Cl])[Cl].[H-].[LiH].[LiH].[LiH].[LiH]. The molecule has 0 aromatic heterocycles. The number of halogens is 4. The van der Waals surface area contributed by atoms with Crippen LogP contribution in [0.2, 0.25) is 0 Å². The van der Waals surface area contributed by atoms with Crippen molar-refractivity contribution in [2.75, 3.05) is 0 Å². The summed E-state index contributed by atoms with van der Waals surface area (Å²) in [6, 6.07) is 0. The average Bonchev–Trinajstić information content (AvgIpc) is 0.722. The van der Waals surface area contributed by atoms with E-state index in [4.69, 9.17) is 37.2 Å². The van der Waals surface area contributed by atoms with Gasteiger partial charge in [-0.15, -0.1) is 0 Å². The maximum absolute atomic E-state index is 5.01. The Morgan fingerprint density at radius 2 is 0.700 bits per heavy atom. The van der Waals surface area contributed by atoms with Crippen LogP contribution < -0.4 is 0 Å². The monoisotopic (exact) mass is 251 g/mol. The van der Waals surface area contributed by atoms with Crippen molar-refractivity contribution in [3.63, 3.8) is 0 Å². The zero-order valence-electron chi connectivity index (χ0n) is 3.01. The van der Waals surface area contributed by atoms with E-state index in [2.05, 4.69) is 0 Å². The molecule has 0 aliphatic rings. The van der Waals surface area contributed by atoms with Gasteiger partial charge in [-0.25, -0.2) is 0 Å². The molecule has 48 valence electrons. The van der Waals surface area contributed by atoms with Gasteiger partial charge < -0.3 is 1.43 Å². The first-order chi connectivity index (χ1) is 2.00. The van der Waals surface area contributed by atoms with Crippen LogP contribution in [0.4, 0.5) is 0 Å². The van der Waals surface area contributed by atoms with Crippen LogP contribution in [0, 0.1) is 0 Å². The third-order valence-corrected chi connectivity index (χ3v) is 0. The quantitative estimate of drug-likeness (QED) is 0.490. The van der Waals surface area contributed by atoms with Crippen LogP contribution >= 0.6 is 37.2 Å². The minimum atomic E-state index is -3.11. The zero-order chi connectivity index (χ0) is 4.50. The summed E-state index contributed by atoms with van der Waals surface area (Å²) < 4.78 is 0. The van der Waals surface area contributed by atoms with Crippen LogP contribution in [-0.4, -0.2) is 92.8 Å². The van der Waals surface area contributed by atoms with Crippen LogP contribution in [0.15, 0.2) is 0 Å². The van der Waals surface area contributed by atoms with Gasteiger partial charge in [0.15, 0.2) is 17.4 Å². The van der Waals surface area contributed by atoms with E-state index >= 15 is 0 Å². The summed E-state index contributed by atoms with van der Waals surface area (Å²) in [5.74, 6) is 0. The predicted molar refractivity (Wildman–Crippen MR) is 63.1 cm³/mol. The summed E-state index contributed by atoms with van der Waals surface area (Å²) in [7, 11) is 20.1. The fraction of sp³-hybridized carbons (Fsp3) is 0. The molecular weight excluding hydrogens is 244 g/mol. The Balaban J connectivity index is -0.00000000533. The molecular formula is H8AlCl4Li4Ti-. The van der Waals surface area contributed by atoms with Crippen molar-refractivity contribution >= 4 is 130 Å². The molecule has 0 atom stereocenters. The first-order valence-corrected chi connectivity index (χ1v) is 9.35. The van der Waals surface area contributed by atoms with E-state index < -0.39 is 12.3 Å². The predicted octanol–water partition coefficient (Wildman–Crippen LogP) is -0.910. The standard InChI is InChI=1S/Al.4ClH.4Li.Ti.8H/h;4*1H;;;;;;;;;;;;;/q;;;;;;;;;+4;;;;;;;;-1/p-4. The molecule has 0 aliphatic heterocycles. The summed E-state index contributed by atoms with van der Waals surface area (Å²) in [5, 5.41) is 0. The summed E-state index contributed by atoms with van der Waals surface area (Å²) in [6.45, 7) is 0. The van der Waals surface area contributed by atoms with Crippen molar-refractivity contribution in [1.82, 2.24) is 0 Å². The van der Waals surface area contributed by atoms with Gasteiger partial charge in [0.2, 0.25) is 0 Å². The summed E-state index contributed by atoms with van der Waals surface area (Å²) >= 11 is -3.11. The number of hydrogen-bond acceptors (Lipinski definition) is 0. The summed E-state index contributed by atoms with van der Waals surface area (Å²) in [5.41, 5.74) is 0. The Morgan fingerprint density at radius 1 is 0.700 bits per heavy atom. The second-order valence-corrected chi connectivity index (χ2v) is 15.9. The van der Waals surface area contributed by atoms with E-state index in [1.165, 1.54) is 0 Å². The number of hydrogen-bond donors (Lipinski definition) is 0. The van der Waals surface area contributed by atoms with Crippen LogP contribution in [-0.2, 0) is 12.3 Å². The van der Waals surface area contributed by atoms with E-state index in [9.17, 15) is 0 Å². The van der Waals surface area contributed by atoms with E-state index in [1.54, 1.807) is 0 Å². The van der Waals surface area contributed by atoms with Gasteiger partial charge in [-0.2, -0.15) is 0 Å². The van der Waals surface area contributed by atoms with Gasteiger partial charge in [-0.1, -0.05) is 0 Å². The Labute approximate surface area is 141 Å². The Bertz CT molecular complexity index is 37.6. The molecule has 0 fully saturated rings. The Hall–Kier alpha value is 4.80. The fourth-order valence-electron chi connectivity index (χ4n) is 0. The van der Waals surface area contributed by atoms with Crippen LogP contribution in [0.3, 0.4) is 0 Å². The van der Waals surface area contributed by atoms with Gasteiger partial charge >= 0.3 is 125 Å². The van der Waals surface area contributed by atoms with Gasteiger partial charge in [0, 0.05) is 0 Å². The zero-order valence-corrected chi connectivity index (χ0v) is 6.60. The molecule has 0 unspecified atom stereocenters. The van der Waals surface area contributed by atoms with Gasteiger partial charge in [-0.05, 0) is 0 Å². The first kappa shape index (κ1) is 36.4. The van der Waals surface area contributed by atoms with E-state index in [0.717, 1.165) is 0 Å². The van der Waals surface area contributed by atoms with Crippen LogP contribution in [0.5, 0.6) is 0 Å². The second-order valence-electron chi connectivity index (χ2n) is 0.429. The molecule has 0 spiro atoms. The average molecular weight is 252 g/mol. The molecule has 0 saturated carbocycles. The third kappa shape index (κ3) is 77.4. The molecule has 10 heavy (non-hydrogen) atoms. The van der Waals surface area contributed by atoms with E-state index in [-0.39, 0.29) is 94.2 Å². The molecule has 0 amide bonds. The Kier molecular flexibility index (Phi) is 70.5. The van der Waals surface area contributed by atoms with E-state index in [1.807, 2.05) is 0 Å². The van der Waals surface area contributed by atoms with Gasteiger partial charge in [-0.3, -0.25) is 0 Å². The molecule has 0 aliphatic carbocycles. The summed E-state index contributed by atoms with van der Waals surface area (Å²) in [4.78, 5) is 0. The van der Waals surface area contributed by atoms with Gasteiger partial charge in [0.25, 0.3) is 0 Å². The molecule has 0 rings (SSSR count). The van der Waals surface area contributed by atoms with Gasteiger partial charge in [0.05, 0.1) is 0 Å². The topological polar surface area (TPSA) is 0 Å². The van der Waals surface area contributed by atoms with E-state index in [0.29, 0.717) is 0 Å². The summed E-state index contributed by atoms with van der Waals surface area (Å²) in [6.07, 6.45) is 0. The van der Waals surface area contributed by atoms with Crippen molar-refractivity contribution < 1.29 is 13.8 Å². The molecule has 10 heteroatoms. The molecule has 0 bridgehead atoms. The molecule has 0 aromatic carbocycles. The van der Waals surface area contributed by atoms with Crippen molar-refractivity contribution in [2.45, 2.75) is 0 Å². The van der Waals surface area contributed by atoms with Crippen molar-refractivity contribution in [2.24, 2.45) is 0 Å². The third-order valence-electron chi connectivity index (χ3n) is 0. The van der Waals surface area contributed by atoms with Crippen molar-refractivity contribution in [3.8, 4) is 0 Å². The van der Waals surface area contributed by atoms with Crippen LogP contribution in [0.1, 0.15) is 1.43 Å². The molecule has 0 nitrogen and oxygen atoms in total. The normalized spacial score (nSPS) is 6.00.